The third-order valence-corrected chi connectivity index (χ3v) is 7.60. The summed E-state index contributed by atoms with van der Waals surface area (Å²) in [7, 11) is -2.19. The van der Waals surface area contributed by atoms with Gasteiger partial charge in [0, 0.05) is 37.6 Å². The third kappa shape index (κ3) is 6.93. The van der Waals surface area contributed by atoms with Crippen LogP contribution in [0.3, 0.4) is 0 Å². The van der Waals surface area contributed by atoms with Crippen molar-refractivity contribution in [1.29, 1.82) is 0 Å². The van der Waals surface area contributed by atoms with Gasteiger partial charge < -0.3 is 15.4 Å². The van der Waals surface area contributed by atoms with Crippen molar-refractivity contribution in [3.63, 3.8) is 0 Å². The molecule has 8 nitrogen and oxygen atoms in total. The van der Waals surface area contributed by atoms with E-state index in [0.717, 1.165) is 5.56 Å². The Labute approximate surface area is 199 Å². The number of carbonyl (C=O) groups excluding carboxylic acids is 2. The summed E-state index contributed by atoms with van der Waals surface area (Å²) in [4.78, 5) is 24.8. The predicted octanol–water partition coefficient (Wildman–Crippen LogP) is 2.57. The zero-order valence-corrected chi connectivity index (χ0v) is 20.0. The van der Waals surface area contributed by atoms with Crippen LogP contribution in [0, 0.1) is 5.92 Å². The predicted molar refractivity (Wildman–Crippen MR) is 125 cm³/mol. The second kappa shape index (κ2) is 11.5. The quantitative estimate of drug-likeness (QED) is 0.558. The number of sulfonamides is 1. The molecule has 1 atom stereocenters. The molecule has 0 aliphatic carbocycles. The molecule has 2 aromatic carbocycles. The van der Waals surface area contributed by atoms with Crippen LogP contribution in [0.2, 0.25) is 5.02 Å². The summed E-state index contributed by atoms with van der Waals surface area (Å²) in [6.07, 6.45) is 1.32. The molecule has 33 heavy (non-hydrogen) atoms. The van der Waals surface area contributed by atoms with Crippen LogP contribution in [0.15, 0.2) is 53.4 Å². The summed E-state index contributed by atoms with van der Waals surface area (Å²) in [5.74, 6) is -0.322. The van der Waals surface area contributed by atoms with Gasteiger partial charge in [-0.2, -0.15) is 4.31 Å². The standard InChI is InChI=1S/C23H28ClN3O5S/c1-32-20-7-9-21(10-8-20)33(30,31)27-13-3-5-18(16-27)23(29)25-12-11-22(28)26-15-17-4-2-6-19(24)14-17/h2,4,6-10,14,18H,3,5,11-13,15-16H2,1H3,(H,25,29)(H,26,28)/t18-/m0/s1. The average molecular weight is 494 g/mol. The molecule has 1 fully saturated rings. The molecule has 1 heterocycles. The fourth-order valence-electron chi connectivity index (χ4n) is 3.65. The number of piperidine rings is 1. The third-order valence-electron chi connectivity index (χ3n) is 5.48. The molecular formula is C23H28ClN3O5S. The first-order chi connectivity index (χ1) is 15.8. The highest BCUT2D eigenvalue weighted by molar-refractivity contribution is 7.89. The number of nitrogens with one attached hydrogen (secondary N) is 2. The summed E-state index contributed by atoms with van der Waals surface area (Å²) in [6.45, 7) is 1.02. The van der Waals surface area contributed by atoms with Crippen molar-refractivity contribution in [2.45, 2.75) is 30.7 Å². The van der Waals surface area contributed by atoms with E-state index in [4.69, 9.17) is 16.3 Å². The van der Waals surface area contributed by atoms with E-state index >= 15 is 0 Å². The van der Waals surface area contributed by atoms with Gasteiger partial charge in [-0.1, -0.05) is 23.7 Å². The maximum absolute atomic E-state index is 13.0. The van der Waals surface area contributed by atoms with Crippen molar-refractivity contribution in [3.8, 4) is 5.75 Å². The van der Waals surface area contributed by atoms with Gasteiger partial charge >= 0.3 is 0 Å². The minimum absolute atomic E-state index is 0.112. The summed E-state index contributed by atoms with van der Waals surface area (Å²) in [6, 6.07) is 13.4. The fourth-order valence-corrected chi connectivity index (χ4v) is 5.39. The van der Waals surface area contributed by atoms with Crippen molar-refractivity contribution >= 4 is 33.4 Å². The Hall–Kier alpha value is -2.62. The molecule has 1 aliphatic heterocycles. The van der Waals surface area contributed by atoms with Gasteiger partial charge in [-0.15, -0.1) is 0 Å². The van der Waals surface area contributed by atoms with E-state index in [1.807, 2.05) is 12.1 Å². The molecule has 1 aliphatic rings. The zero-order valence-electron chi connectivity index (χ0n) is 18.4. The maximum Gasteiger partial charge on any atom is 0.243 e. The molecule has 0 spiro atoms. The van der Waals surface area contributed by atoms with E-state index in [1.54, 1.807) is 24.3 Å². The number of amides is 2. The van der Waals surface area contributed by atoms with Gasteiger partial charge in [0.1, 0.15) is 5.75 Å². The normalized spacial score (nSPS) is 16.7. The molecule has 0 bridgehead atoms. The minimum atomic E-state index is -3.70. The summed E-state index contributed by atoms with van der Waals surface area (Å²) in [5.41, 5.74) is 0.889. The molecule has 0 saturated carbocycles. The van der Waals surface area contributed by atoms with Crippen molar-refractivity contribution in [2.24, 2.45) is 5.92 Å². The highest BCUT2D eigenvalue weighted by atomic mass is 35.5. The van der Waals surface area contributed by atoms with E-state index in [0.29, 0.717) is 36.7 Å². The molecule has 178 valence electrons. The molecule has 10 heteroatoms. The van der Waals surface area contributed by atoms with Gasteiger partial charge in [0.05, 0.1) is 17.9 Å². The first-order valence-corrected chi connectivity index (χ1v) is 12.5. The summed E-state index contributed by atoms with van der Waals surface area (Å²) < 4.78 is 32.3. The van der Waals surface area contributed by atoms with Crippen LogP contribution < -0.4 is 15.4 Å². The monoisotopic (exact) mass is 493 g/mol. The van der Waals surface area contributed by atoms with Gasteiger partial charge in [0.2, 0.25) is 21.8 Å². The molecule has 0 unspecified atom stereocenters. The first kappa shape index (κ1) is 25.0. The molecule has 2 aromatic rings. The van der Waals surface area contributed by atoms with Crippen LogP contribution in [-0.4, -0.2) is 51.3 Å². The second-order valence-corrected chi connectivity index (χ2v) is 10.2. The number of benzene rings is 2. The van der Waals surface area contributed by atoms with E-state index in [2.05, 4.69) is 10.6 Å². The van der Waals surface area contributed by atoms with Crippen LogP contribution in [-0.2, 0) is 26.2 Å². The Balaban J connectivity index is 1.46. The highest BCUT2D eigenvalue weighted by Gasteiger charge is 2.33. The zero-order chi connectivity index (χ0) is 23.8. The second-order valence-electron chi connectivity index (χ2n) is 7.83. The Morgan fingerprint density at radius 3 is 2.61 bits per heavy atom. The Bertz CT molecular complexity index is 1080. The molecule has 3 rings (SSSR count). The lowest BCUT2D eigenvalue weighted by molar-refractivity contribution is -0.126. The fraction of sp³-hybridized carbons (Fsp3) is 0.391. The number of hydrogen-bond acceptors (Lipinski definition) is 5. The lowest BCUT2D eigenvalue weighted by Crippen LogP contribution is -2.45. The van der Waals surface area contributed by atoms with Crippen LogP contribution in [0.4, 0.5) is 0 Å². The Kier molecular flexibility index (Phi) is 8.71. The van der Waals surface area contributed by atoms with Crippen LogP contribution in [0.5, 0.6) is 5.75 Å². The van der Waals surface area contributed by atoms with Crippen LogP contribution in [0.25, 0.3) is 0 Å². The average Bonchev–Trinajstić information content (AvgIpc) is 2.83. The van der Waals surface area contributed by atoms with Gasteiger partial charge in [-0.3, -0.25) is 9.59 Å². The van der Waals surface area contributed by atoms with Crippen molar-refractivity contribution in [1.82, 2.24) is 14.9 Å². The molecule has 1 saturated heterocycles. The lowest BCUT2D eigenvalue weighted by atomic mass is 9.99. The number of halogens is 1. The van der Waals surface area contributed by atoms with Crippen LogP contribution >= 0.6 is 11.6 Å². The van der Waals surface area contributed by atoms with E-state index in [1.165, 1.54) is 23.5 Å². The van der Waals surface area contributed by atoms with Crippen LogP contribution in [0.1, 0.15) is 24.8 Å². The molecule has 0 aromatic heterocycles. The number of hydrogen-bond donors (Lipinski definition) is 2. The topological polar surface area (TPSA) is 105 Å². The van der Waals surface area contributed by atoms with Gasteiger partial charge in [-0.05, 0) is 54.8 Å². The molecular weight excluding hydrogens is 466 g/mol. The van der Waals surface area contributed by atoms with Gasteiger partial charge in [0.25, 0.3) is 0 Å². The largest absolute Gasteiger partial charge is 0.497 e. The number of ether oxygens (including phenoxy) is 1. The SMILES string of the molecule is COc1ccc(S(=O)(=O)N2CCC[C@H](C(=O)NCCC(=O)NCc3cccc(Cl)c3)C2)cc1. The molecule has 2 amide bonds. The number of carbonyl (C=O) groups is 2. The van der Waals surface area contributed by atoms with Crippen molar-refractivity contribution in [3.05, 3.63) is 59.1 Å². The highest BCUT2D eigenvalue weighted by Crippen LogP contribution is 2.25. The smallest absolute Gasteiger partial charge is 0.243 e. The number of nitrogens with zero attached hydrogens (tertiary/aromatic N) is 1. The van der Waals surface area contributed by atoms with Gasteiger partial charge in [-0.25, -0.2) is 8.42 Å². The Morgan fingerprint density at radius 1 is 1.15 bits per heavy atom. The molecule has 2 N–H and O–H groups in total. The first-order valence-electron chi connectivity index (χ1n) is 10.7. The van der Waals surface area contributed by atoms with Gasteiger partial charge in [0.15, 0.2) is 0 Å². The van der Waals surface area contributed by atoms with E-state index < -0.39 is 15.9 Å². The van der Waals surface area contributed by atoms with Crippen molar-refractivity contribution < 1.29 is 22.7 Å². The minimum Gasteiger partial charge on any atom is -0.497 e. The van der Waals surface area contributed by atoms with Crippen molar-refractivity contribution in [2.75, 3.05) is 26.7 Å². The summed E-state index contributed by atoms with van der Waals surface area (Å²) in [5, 5.41) is 6.15. The lowest BCUT2D eigenvalue weighted by Gasteiger charge is -2.31. The maximum atomic E-state index is 13.0. The van der Waals surface area contributed by atoms with E-state index in [9.17, 15) is 18.0 Å². The van der Waals surface area contributed by atoms with E-state index in [-0.39, 0.29) is 36.2 Å². The number of rotatable bonds is 9. The number of methoxy groups -OCH3 is 1. The molecule has 0 radical (unpaired) electrons. The summed E-state index contributed by atoms with van der Waals surface area (Å²) >= 11 is 5.93. The Morgan fingerprint density at radius 2 is 1.91 bits per heavy atom.